The number of rotatable bonds is 2. The number of nitrogens with two attached hydrogens (primary N) is 2. The van der Waals surface area contributed by atoms with E-state index in [1.165, 1.54) is 12.1 Å². The third-order valence-electron chi connectivity index (χ3n) is 1.75. The lowest BCUT2D eigenvalue weighted by molar-refractivity contribution is 0.0697. The van der Waals surface area contributed by atoms with Gasteiger partial charge in [-0.3, -0.25) is 0 Å². The van der Waals surface area contributed by atoms with Crippen molar-refractivity contribution in [3.05, 3.63) is 29.3 Å². The predicted molar refractivity (Wildman–Crippen MR) is 50.4 cm³/mol. The largest absolute Gasteiger partial charge is 0.478 e. The van der Waals surface area contributed by atoms with Crippen LogP contribution in [0.2, 0.25) is 0 Å². The van der Waals surface area contributed by atoms with Crippen LogP contribution in [0, 0.1) is 0 Å². The van der Waals surface area contributed by atoms with Gasteiger partial charge in [0.25, 0.3) is 0 Å². The maximum Gasteiger partial charge on any atom is 0.335 e. The molecule has 0 saturated carbocycles. The molecule has 0 heterocycles. The number of nitrogen functional groups attached to an aromatic ring is 1. The van der Waals surface area contributed by atoms with E-state index in [1.807, 2.05) is 0 Å². The lowest BCUT2D eigenvalue weighted by Crippen LogP contribution is -2.08. The second-order valence-electron chi connectivity index (χ2n) is 2.98. The Morgan fingerprint density at radius 3 is 2.54 bits per heavy atom. The quantitative estimate of drug-likeness (QED) is 0.592. The van der Waals surface area contributed by atoms with Crippen LogP contribution in [0.15, 0.2) is 18.2 Å². The molecule has 4 nitrogen and oxygen atoms in total. The number of benzene rings is 1. The van der Waals surface area contributed by atoms with Gasteiger partial charge in [-0.25, -0.2) is 4.79 Å². The van der Waals surface area contributed by atoms with Crippen LogP contribution in [0.25, 0.3) is 0 Å². The van der Waals surface area contributed by atoms with Crippen molar-refractivity contribution in [1.82, 2.24) is 0 Å². The number of aromatic carboxylic acids is 1. The Morgan fingerprint density at radius 1 is 1.46 bits per heavy atom. The Labute approximate surface area is 76.2 Å². The highest BCUT2D eigenvalue weighted by atomic mass is 16.4. The minimum absolute atomic E-state index is 0.173. The topological polar surface area (TPSA) is 89.3 Å². The highest BCUT2D eigenvalue weighted by molar-refractivity contribution is 5.89. The molecule has 4 heteroatoms. The van der Waals surface area contributed by atoms with Crippen molar-refractivity contribution < 1.29 is 9.90 Å². The molecular weight excluding hydrogens is 168 g/mol. The van der Waals surface area contributed by atoms with Crippen LogP contribution < -0.4 is 11.5 Å². The summed E-state index contributed by atoms with van der Waals surface area (Å²) in [5, 5.41) is 8.72. The van der Waals surface area contributed by atoms with Gasteiger partial charge in [0.05, 0.1) is 5.56 Å². The molecule has 0 unspecified atom stereocenters. The third-order valence-corrected chi connectivity index (χ3v) is 1.75. The van der Waals surface area contributed by atoms with Crippen LogP contribution >= 0.6 is 0 Å². The standard InChI is InChI=1S/C9H12N2O2/c1-5(10)6-2-7(9(12)13)4-8(11)3-6/h2-5H,10-11H2,1H3,(H,12,13)/t5-/m0/s1. The van der Waals surface area contributed by atoms with Crippen LogP contribution in [-0.2, 0) is 0 Å². The summed E-state index contributed by atoms with van der Waals surface area (Å²) >= 11 is 0. The van der Waals surface area contributed by atoms with E-state index in [2.05, 4.69) is 0 Å². The Bertz CT molecular complexity index is 334. The minimum Gasteiger partial charge on any atom is -0.478 e. The van der Waals surface area contributed by atoms with Gasteiger partial charge in [0.1, 0.15) is 0 Å². The number of hydrogen-bond donors (Lipinski definition) is 3. The van der Waals surface area contributed by atoms with Crippen molar-refractivity contribution >= 4 is 11.7 Å². The average molecular weight is 180 g/mol. The minimum atomic E-state index is -0.991. The number of carboxylic acids is 1. The fourth-order valence-corrected chi connectivity index (χ4v) is 1.06. The number of carboxylic acid groups (broad SMARTS) is 1. The molecule has 0 fully saturated rings. The van der Waals surface area contributed by atoms with Gasteiger partial charge >= 0.3 is 5.97 Å². The van der Waals surface area contributed by atoms with Gasteiger partial charge in [-0.2, -0.15) is 0 Å². The number of hydrogen-bond acceptors (Lipinski definition) is 3. The second-order valence-corrected chi connectivity index (χ2v) is 2.98. The van der Waals surface area contributed by atoms with Crippen molar-refractivity contribution in [2.45, 2.75) is 13.0 Å². The van der Waals surface area contributed by atoms with Gasteiger partial charge < -0.3 is 16.6 Å². The number of carbonyl (C=O) groups is 1. The van der Waals surface area contributed by atoms with E-state index in [0.717, 1.165) is 5.56 Å². The normalized spacial score (nSPS) is 12.5. The maximum atomic E-state index is 10.6. The molecule has 1 aromatic carbocycles. The summed E-state index contributed by atoms with van der Waals surface area (Å²) in [7, 11) is 0. The third kappa shape index (κ3) is 2.19. The Kier molecular flexibility index (Phi) is 2.53. The monoisotopic (exact) mass is 180 g/mol. The summed E-state index contributed by atoms with van der Waals surface area (Å²) in [6, 6.07) is 4.41. The summed E-state index contributed by atoms with van der Waals surface area (Å²) < 4.78 is 0. The zero-order valence-corrected chi connectivity index (χ0v) is 7.32. The fraction of sp³-hybridized carbons (Fsp3) is 0.222. The van der Waals surface area contributed by atoms with Crippen LogP contribution in [-0.4, -0.2) is 11.1 Å². The van der Waals surface area contributed by atoms with Crippen LogP contribution in [0.4, 0.5) is 5.69 Å². The van der Waals surface area contributed by atoms with E-state index in [9.17, 15) is 4.79 Å². The highest BCUT2D eigenvalue weighted by Crippen LogP contribution is 2.16. The van der Waals surface area contributed by atoms with Crippen molar-refractivity contribution in [3.63, 3.8) is 0 Å². The summed E-state index contributed by atoms with van der Waals surface area (Å²) in [5.41, 5.74) is 12.4. The first-order valence-electron chi connectivity index (χ1n) is 3.90. The van der Waals surface area contributed by atoms with Gasteiger partial charge in [0, 0.05) is 11.7 Å². The molecule has 70 valence electrons. The van der Waals surface area contributed by atoms with Gasteiger partial charge in [0.2, 0.25) is 0 Å². The lowest BCUT2D eigenvalue weighted by Gasteiger charge is -2.07. The summed E-state index contributed by atoms with van der Waals surface area (Å²) in [5.74, 6) is -0.991. The first-order chi connectivity index (χ1) is 6.00. The highest BCUT2D eigenvalue weighted by Gasteiger charge is 2.07. The van der Waals surface area contributed by atoms with E-state index in [-0.39, 0.29) is 11.6 Å². The van der Waals surface area contributed by atoms with Gasteiger partial charge in [-0.15, -0.1) is 0 Å². The summed E-state index contributed by atoms with van der Waals surface area (Å²) in [6.07, 6.45) is 0. The molecule has 1 aromatic rings. The molecule has 0 saturated heterocycles. The molecule has 5 N–H and O–H groups in total. The maximum absolute atomic E-state index is 10.6. The zero-order valence-electron chi connectivity index (χ0n) is 7.32. The fourth-order valence-electron chi connectivity index (χ4n) is 1.06. The smallest absolute Gasteiger partial charge is 0.335 e. The first kappa shape index (κ1) is 9.54. The van der Waals surface area contributed by atoms with Crippen LogP contribution in [0.3, 0.4) is 0 Å². The number of anilines is 1. The molecule has 0 amide bonds. The van der Waals surface area contributed by atoms with Crippen molar-refractivity contribution in [3.8, 4) is 0 Å². The van der Waals surface area contributed by atoms with E-state index in [4.69, 9.17) is 16.6 Å². The Balaban J connectivity index is 3.19. The molecule has 0 spiro atoms. The summed E-state index contributed by atoms with van der Waals surface area (Å²) in [6.45, 7) is 1.78. The Hall–Kier alpha value is -1.55. The summed E-state index contributed by atoms with van der Waals surface area (Å²) in [4.78, 5) is 10.6. The molecule has 0 aliphatic carbocycles. The lowest BCUT2D eigenvalue weighted by atomic mass is 10.0. The van der Waals surface area contributed by atoms with Crippen molar-refractivity contribution in [2.24, 2.45) is 5.73 Å². The molecule has 0 radical (unpaired) electrons. The van der Waals surface area contributed by atoms with Gasteiger partial charge in [-0.1, -0.05) is 0 Å². The Morgan fingerprint density at radius 2 is 2.08 bits per heavy atom. The SMILES string of the molecule is C[C@H](N)c1cc(N)cc(C(=O)O)c1. The predicted octanol–water partition coefficient (Wildman–Crippen LogP) is 0.987. The van der Waals surface area contributed by atoms with Crippen molar-refractivity contribution in [2.75, 3.05) is 5.73 Å². The average Bonchev–Trinajstić information content (AvgIpc) is 2.03. The molecule has 1 rings (SSSR count). The molecule has 0 aromatic heterocycles. The van der Waals surface area contributed by atoms with Crippen LogP contribution in [0.5, 0.6) is 0 Å². The molecule has 0 aliphatic heterocycles. The molecule has 1 atom stereocenters. The molecular formula is C9H12N2O2. The molecule has 0 aliphatic rings. The molecule has 0 bridgehead atoms. The van der Waals surface area contributed by atoms with Crippen LogP contribution in [0.1, 0.15) is 28.9 Å². The van der Waals surface area contributed by atoms with E-state index >= 15 is 0 Å². The van der Waals surface area contributed by atoms with Gasteiger partial charge in [-0.05, 0) is 30.7 Å². The van der Waals surface area contributed by atoms with Gasteiger partial charge in [0.15, 0.2) is 0 Å². The molecule has 13 heavy (non-hydrogen) atoms. The first-order valence-corrected chi connectivity index (χ1v) is 3.90. The van der Waals surface area contributed by atoms with E-state index in [1.54, 1.807) is 13.0 Å². The second kappa shape index (κ2) is 3.45. The van der Waals surface area contributed by atoms with Crippen molar-refractivity contribution in [1.29, 1.82) is 0 Å². The zero-order chi connectivity index (χ0) is 10.0. The van der Waals surface area contributed by atoms with E-state index in [0.29, 0.717) is 5.69 Å². The van der Waals surface area contributed by atoms with E-state index < -0.39 is 5.97 Å².